The lowest BCUT2D eigenvalue weighted by atomic mass is 9.91. The molecule has 1 aromatic carbocycles. The second-order valence-electron chi connectivity index (χ2n) is 5.26. The van der Waals surface area contributed by atoms with Gasteiger partial charge in [-0.25, -0.2) is 9.18 Å². The number of nitrogens with one attached hydrogen (secondary N) is 1. The predicted octanol–water partition coefficient (Wildman–Crippen LogP) is 2.96. The quantitative estimate of drug-likeness (QED) is 0.883. The Balaban J connectivity index is 2.96. The largest absolute Gasteiger partial charge is 0.465 e. The molecule has 23 heavy (non-hydrogen) atoms. The summed E-state index contributed by atoms with van der Waals surface area (Å²) in [6.07, 6.45) is 0. The average molecular weight is 314 g/mol. The molecular formula is C17H15FN2O3. The Hall–Kier alpha value is -2.94. The molecule has 0 unspecified atom stereocenters. The molecule has 0 aliphatic carbocycles. The molecule has 5 nitrogen and oxygen atoms in total. The molecule has 2 rings (SSSR count). The summed E-state index contributed by atoms with van der Waals surface area (Å²) in [7, 11) is 1.22. The molecule has 0 radical (unpaired) electrons. The van der Waals surface area contributed by atoms with Crippen molar-refractivity contribution >= 4 is 5.97 Å². The maximum absolute atomic E-state index is 13.2. The van der Waals surface area contributed by atoms with Gasteiger partial charge in [0.1, 0.15) is 17.4 Å². The number of H-pyrrole nitrogens is 1. The second-order valence-corrected chi connectivity index (χ2v) is 5.26. The van der Waals surface area contributed by atoms with Gasteiger partial charge in [-0.15, -0.1) is 0 Å². The number of aromatic amines is 1. The lowest BCUT2D eigenvalue weighted by Crippen LogP contribution is -2.21. The van der Waals surface area contributed by atoms with Crippen LogP contribution in [-0.2, 0) is 4.74 Å². The highest BCUT2D eigenvalue weighted by molar-refractivity contribution is 6.00. The fraction of sp³-hybridized carbons (Fsp3) is 0.235. The lowest BCUT2D eigenvalue weighted by molar-refractivity contribution is 0.0599. The van der Waals surface area contributed by atoms with Crippen LogP contribution in [0.4, 0.5) is 4.39 Å². The zero-order valence-electron chi connectivity index (χ0n) is 12.9. The maximum atomic E-state index is 13.2. The van der Waals surface area contributed by atoms with E-state index in [1.165, 1.54) is 31.4 Å². The van der Waals surface area contributed by atoms with Gasteiger partial charge >= 0.3 is 5.97 Å². The van der Waals surface area contributed by atoms with Crippen LogP contribution in [0.25, 0.3) is 11.1 Å². The van der Waals surface area contributed by atoms with Crippen molar-refractivity contribution in [2.45, 2.75) is 19.8 Å². The SMILES string of the molecule is COC(=O)c1c(C(C)C)[nH]c(=O)c(C#N)c1-c1ccc(F)cc1. The van der Waals surface area contributed by atoms with Crippen molar-refractivity contribution in [2.75, 3.05) is 7.11 Å². The monoisotopic (exact) mass is 314 g/mol. The van der Waals surface area contributed by atoms with Gasteiger partial charge in [-0.2, -0.15) is 5.26 Å². The van der Waals surface area contributed by atoms with Gasteiger partial charge in [0.25, 0.3) is 5.56 Å². The molecule has 1 N–H and O–H groups in total. The normalized spacial score (nSPS) is 10.4. The van der Waals surface area contributed by atoms with E-state index in [0.717, 1.165) is 0 Å². The topological polar surface area (TPSA) is 83.0 Å². The van der Waals surface area contributed by atoms with Gasteiger partial charge < -0.3 is 9.72 Å². The molecule has 6 heteroatoms. The standard InChI is InChI=1S/C17H15FN2O3/c1-9(2)15-14(17(22)23-3)13(12(8-19)16(21)20-15)10-4-6-11(18)7-5-10/h4-7,9H,1-3H3,(H,20,21). The highest BCUT2D eigenvalue weighted by Gasteiger charge is 2.26. The summed E-state index contributed by atoms with van der Waals surface area (Å²) >= 11 is 0. The van der Waals surface area contributed by atoms with Crippen LogP contribution in [0.15, 0.2) is 29.1 Å². The first-order valence-electron chi connectivity index (χ1n) is 6.95. The van der Waals surface area contributed by atoms with Crippen LogP contribution in [0, 0.1) is 17.1 Å². The molecule has 2 aromatic rings. The van der Waals surface area contributed by atoms with Gasteiger partial charge in [-0.1, -0.05) is 26.0 Å². The molecule has 0 bridgehead atoms. The van der Waals surface area contributed by atoms with E-state index < -0.39 is 17.3 Å². The number of carbonyl (C=O) groups excluding carboxylic acids is 1. The Bertz CT molecular complexity index is 846. The van der Waals surface area contributed by atoms with E-state index in [1.54, 1.807) is 13.8 Å². The Labute approximate surface area is 132 Å². The lowest BCUT2D eigenvalue weighted by Gasteiger charge is -2.16. The van der Waals surface area contributed by atoms with E-state index in [4.69, 9.17) is 4.74 Å². The van der Waals surface area contributed by atoms with Gasteiger partial charge in [0.15, 0.2) is 0 Å². The zero-order valence-corrected chi connectivity index (χ0v) is 12.9. The van der Waals surface area contributed by atoms with E-state index in [2.05, 4.69) is 4.98 Å². The summed E-state index contributed by atoms with van der Waals surface area (Å²) in [6.45, 7) is 3.61. The molecule has 0 aliphatic heterocycles. The van der Waals surface area contributed by atoms with Crippen molar-refractivity contribution in [3.8, 4) is 17.2 Å². The Morgan fingerprint density at radius 3 is 2.39 bits per heavy atom. The molecule has 1 aromatic heterocycles. The molecule has 0 amide bonds. The molecular weight excluding hydrogens is 299 g/mol. The van der Waals surface area contributed by atoms with Crippen LogP contribution >= 0.6 is 0 Å². The summed E-state index contributed by atoms with van der Waals surface area (Å²) < 4.78 is 18.0. The number of benzene rings is 1. The van der Waals surface area contributed by atoms with Crippen molar-refractivity contribution in [3.63, 3.8) is 0 Å². The minimum Gasteiger partial charge on any atom is -0.465 e. The van der Waals surface area contributed by atoms with Crippen molar-refractivity contribution in [1.82, 2.24) is 4.98 Å². The summed E-state index contributed by atoms with van der Waals surface area (Å²) in [5.74, 6) is -1.30. The van der Waals surface area contributed by atoms with Gasteiger partial charge in [0.05, 0.1) is 12.7 Å². The molecule has 0 atom stereocenters. The molecule has 0 saturated carbocycles. The summed E-state index contributed by atoms with van der Waals surface area (Å²) in [6, 6.07) is 7.06. The van der Waals surface area contributed by atoms with Gasteiger partial charge in [0, 0.05) is 11.3 Å². The first-order chi connectivity index (χ1) is 10.9. The Morgan fingerprint density at radius 2 is 1.91 bits per heavy atom. The smallest absolute Gasteiger partial charge is 0.340 e. The van der Waals surface area contributed by atoms with Crippen molar-refractivity contribution in [2.24, 2.45) is 0 Å². The van der Waals surface area contributed by atoms with Crippen molar-refractivity contribution in [3.05, 3.63) is 57.3 Å². The summed E-state index contributed by atoms with van der Waals surface area (Å²) in [4.78, 5) is 27.0. The van der Waals surface area contributed by atoms with Crippen LogP contribution in [0.2, 0.25) is 0 Å². The third-order valence-electron chi connectivity index (χ3n) is 3.46. The number of esters is 1. The summed E-state index contributed by atoms with van der Waals surface area (Å²) in [5.41, 5.74) is 0.248. The fourth-order valence-corrected chi connectivity index (χ4v) is 2.38. The van der Waals surface area contributed by atoms with Crippen LogP contribution < -0.4 is 5.56 Å². The summed E-state index contributed by atoms with van der Waals surface area (Å²) in [5, 5.41) is 9.33. The van der Waals surface area contributed by atoms with Crippen LogP contribution in [-0.4, -0.2) is 18.1 Å². The number of aromatic nitrogens is 1. The number of hydrogen-bond donors (Lipinski definition) is 1. The third kappa shape index (κ3) is 2.99. The number of carbonyl (C=O) groups is 1. The van der Waals surface area contributed by atoms with E-state index in [-0.39, 0.29) is 22.6 Å². The first-order valence-corrected chi connectivity index (χ1v) is 6.95. The number of rotatable bonds is 3. The van der Waals surface area contributed by atoms with Gasteiger partial charge in [-0.05, 0) is 23.6 Å². The Morgan fingerprint density at radius 1 is 1.30 bits per heavy atom. The molecule has 0 aliphatic rings. The van der Waals surface area contributed by atoms with Crippen LogP contribution in [0.3, 0.4) is 0 Å². The third-order valence-corrected chi connectivity index (χ3v) is 3.46. The molecule has 1 heterocycles. The van der Waals surface area contributed by atoms with E-state index in [9.17, 15) is 19.2 Å². The number of hydrogen-bond acceptors (Lipinski definition) is 4. The average Bonchev–Trinajstić information content (AvgIpc) is 2.53. The first kappa shape index (κ1) is 16.4. The number of nitriles is 1. The minimum absolute atomic E-state index is 0.116. The molecule has 118 valence electrons. The number of halogens is 1. The molecule has 0 spiro atoms. The number of nitrogens with zero attached hydrogens (tertiary/aromatic N) is 1. The highest BCUT2D eigenvalue weighted by atomic mass is 19.1. The number of pyridine rings is 1. The van der Waals surface area contributed by atoms with Gasteiger partial charge in [0.2, 0.25) is 0 Å². The highest BCUT2D eigenvalue weighted by Crippen LogP contribution is 2.31. The maximum Gasteiger partial charge on any atom is 0.340 e. The zero-order chi connectivity index (χ0) is 17.1. The van der Waals surface area contributed by atoms with E-state index >= 15 is 0 Å². The van der Waals surface area contributed by atoms with Crippen molar-refractivity contribution < 1.29 is 13.9 Å². The molecule has 0 saturated heterocycles. The van der Waals surface area contributed by atoms with E-state index in [1.807, 2.05) is 6.07 Å². The second kappa shape index (κ2) is 6.44. The van der Waals surface area contributed by atoms with Crippen LogP contribution in [0.1, 0.15) is 41.4 Å². The fourth-order valence-electron chi connectivity index (χ4n) is 2.38. The predicted molar refractivity (Wildman–Crippen MR) is 82.6 cm³/mol. The molecule has 0 fully saturated rings. The Kier molecular flexibility index (Phi) is 4.60. The van der Waals surface area contributed by atoms with Gasteiger partial charge in [-0.3, -0.25) is 4.79 Å². The number of methoxy groups -OCH3 is 1. The number of ether oxygens (including phenoxy) is 1. The minimum atomic E-state index is -0.666. The van der Waals surface area contributed by atoms with Crippen molar-refractivity contribution in [1.29, 1.82) is 5.26 Å². The van der Waals surface area contributed by atoms with E-state index in [0.29, 0.717) is 11.3 Å². The van der Waals surface area contributed by atoms with Crippen LogP contribution in [0.5, 0.6) is 0 Å².